The fourth-order valence-electron chi connectivity index (χ4n) is 2.41. The van der Waals surface area contributed by atoms with Gasteiger partial charge in [-0.3, -0.25) is 0 Å². The third-order valence-corrected chi connectivity index (χ3v) is 3.56. The lowest BCUT2D eigenvalue weighted by atomic mass is 10.2. The van der Waals surface area contributed by atoms with E-state index >= 15 is 0 Å². The van der Waals surface area contributed by atoms with Gasteiger partial charge in [0, 0.05) is 12.3 Å². The third kappa shape index (κ3) is 2.35. The minimum absolute atomic E-state index is 0.0391. The van der Waals surface area contributed by atoms with Crippen molar-refractivity contribution in [2.24, 2.45) is 0 Å². The number of rotatable bonds is 5. The zero-order chi connectivity index (χ0) is 14.8. The number of hydrogen-bond donors (Lipinski definition) is 0. The second-order valence-electron chi connectivity index (χ2n) is 4.58. The Morgan fingerprint density at radius 3 is 2.95 bits per heavy atom. The van der Waals surface area contributed by atoms with Gasteiger partial charge in [-0.15, -0.1) is 11.6 Å². The topological polar surface area (TPSA) is 66.0 Å². The van der Waals surface area contributed by atoms with Gasteiger partial charge in [0.1, 0.15) is 17.9 Å². The van der Waals surface area contributed by atoms with Gasteiger partial charge in [0.2, 0.25) is 5.88 Å². The van der Waals surface area contributed by atoms with Crippen LogP contribution in [0.25, 0.3) is 11.2 Å². The van der Waals surface area contributed by atoms with Crippen molar-refractivity contribution < 1.29 is 9.15 Å². The number of imidazole rings is 1. The van der Waals surface area contributed by atoms with Crippen molar-refractivity contribution in [1.29, 1.82) is 0 Å². The molecule has 1 atom stereocenters. The van der Waals surface area contributed by atoms with Gasteiger partial charge >= 0.3 is 0 Å². The zero-order valence-corrected chi connectivity index (χ0v) is 12.5. The maximum absolute atomic E-state index is 5.89. The number of halogens is 1. The molecule has 0 saturated heterocycles. The average Bonchev–Trinajstić information content (AvgIpc) is 3.14. The van der Waals surface area contributed by atoms with Gasteiger partial charge in [-0.1, -0.05) is 0 Å². The van der Waals surface area contributed by atoms with Crippen LogP contribution in [-0.2, 0) is 6.42 Å². The molecule has 3 aromatic heterocycles. The number of ether oxygens (including phenoxy) is 1. The summed E-state index contributed by atoms with van der Waals surface area (Å²) in [5.74, 6) is 2.61. The summed E-state index contributed by atoms with van der Waals surface area (Å²) in [6.45, 7) is 2.03. The maximum Gasteiger partial charge on any atom is 0.245 e. The van der Waals surface area contributed by atoms with Crippen molar-refractivity contribution in [3.8, 4) is 5.88 Å². The molecule has 21 heavy (non-hydrogen) atoms. The molecule has 0 spiro atoms. The summed E-state index contributed by atoms with van der Waals surface area (Å²) in [7, 11) is 1.57. The van der Waals surface area contributed by atoms with E-state index in [1.54, 1.807) is 13.4 Å². The first-order valence-electron chi connectivity index (χ1n) is 6.61. The number of alkyl halides is 1. The molecule has 6 nitrogen and oxygen atoms in total. The Bertz CT molecular complexity index is 739. The summed E-state index contributed by atoms with van der Waals surface area (Å²) < 4.78 is 12.8. The molecule has 0 N–H and O–H groups in total. The fourth-order valence-corrected chi connectivity index (χ4v) is 2.58. The second-order valence-corrected chi connectivity index (χ2v) is 4.96. The summed E-state index contributed by atoms with van der Waals surface area (Å²) in [5.41, 5.74) is 1.35. The summed E-state index contributed by atoms with van der Waals surface area (Å²) in [4.78, 5) is 13.0. The molecule has 0 bridgehead atoms. The van der Waals surface area contributed by atoms with Crippen LogP contribution in [0, 0.1) is 0 Å². The molecule has 0 saturated carbocycles. The number of fused-ring (bicyclic) bond motifs is 1. The highest BCUT2D eigenvalue weighted by molar-refractivity contribution is 6.17. The number of methoxy groups -OCH3 is 1. The van der Waals surface area contributed by atoms with Crippen LogP contribution in [0.1, 0.15) is 24.6 Å². The number of nitrogens with zero attached hydrogens (tertiary/aromatic N) is 4. The molecule has 0 aromatic carbocycles. The van der Waals surface area contributed by atoms with Gasteiger partial charge in [-0.25, -0.2) is 9.97 Å². The van der Waals surface area contributed by atoms with E-state index in [2.05, 4.69) is 15.0 Å². The summed E-state index contributed by atoms with van der Waals surface area (Å²) >= 11 is 5.89. The third-order valence-electron chi connectivity index (χ3n) is 3.37. The van der Waals surface area contributed by atoms with E-state index in [9.17, 15) is 0 Å². The molecule has 0 aliphatic heterocycles. The van der Waals surface area contributed by atoms with Crippen molar-refractivity contribution in [2.45, 2.75) is 19.4 Å². The van der Waals surface area contributed by atoms with Crippen molar-refractivity contribution >= 4 is 22.8 Å². The second kappa shape index (κ2) is 5.73. The van der Waals surface area contributed by atoms with E-state index in [1.807, 2.05) is 23.6 Å². The van der Waals surface area contributed by atoms with Crippen molar-refractivity contribution in [2.75, 3.05) is 13.0 Å². The van der Waals surface area contributed by atoms with Crippen LogP contribution in [0.5, 0.6) is 5.88 Å². The molecule has 1 unspecified atom stereocenters. The number of furan rings is 1. The van der Waals surface area contributed by atoms with Crippen LogP contribution >= 0.6 is 11.6 Å². The Balaban J connectivity index is 2.21. The van der Waals surface area contributed by atoms with Gasteiger partial charge in [0.05, 0.1) is 19.4 Å². The Labute approximate surface area is 126 Å². The Morgan fingerprint density at radius 1 is 1.43 bits per heavy atom. The minimum Gasteiger partial charge on any atom is -0.479 e. The molecule has 0 fully saturated rings. The summed E-state index contributed by atoms with van der Waals surface area (Å²) in [6.07, 6.45) is 3.76. The van der Waals surface area contributed by atoms with E-state index in [4.69, 9.17) is 20.8 Å². The highest BCUT2D eigenvalue weighted by atomic mass is 35.5. The lowest BCUT2D eigenvalue weighted by Crippen LogP contribution is -2.11. The monoisotopic (exact) mass is 306 g/mol. The first-order chi connectivity index (χ1) is 10.3. The maximum atomic E-state index is 5.89. The van der Waals surface area contributed by atoms with E-state index in [0.29, 0.717) is 29.3 Å². The molecule has 110 valence electrons. The minimum atomic E-state index is -0.0391. The zero-order valence-electron chi connectivity index (χ0n) is 11.8. The largest absolute Gasteiger partial charge is 0.479 e. The quantitative estimate of drug-likeness (QED) is 0.678. The number of hydrogen-bond acceptors (Lipinski definition) is 5. The van der Waals surface area contributed by atoms with E-state index in [-0.39, 0.29) is 6.04 Å². The molecule has 0 aliphatic rings. The van der Waals surface area contributed by atoms with Crippen molar-refractivity contribution in [3.05, 3.63) is 36.3 Å². The summed E-state index contributed by atoms with van der Waals surface area (Å²) in [5, 5.41) is 0. The van der Waals surface area contributed by atoms with Gasteiger partial charge in [0.25, 0.3) is 0 Å². The first-order valence-corrected chi connectivity index (χ1v) is 7.15. The predicted molar refractivity (Wildman–Crippen MR) is 78.8 cm³/mol. The lowest BCUT2D eigenvalue weighted by Gasteiger charge is -2.14. The van der Waals surface area contributed by atoms with Gasteiger partial charge in [-0.05, 0) is 19.1 Å². The van der Waals surface area contributed by atoms with Gasteiger partial charge < -0.3 is 13.7 Å². The lowest BCUT2D eigenvalue weighted by molar-refractivity contribution is 0.401. The van der Waals surface area contributed by atoms with Gasteiger partial charge in [-0.2, -0.15) is 4.98 Å². The van der Waals surface area contributed by atoms with Crippen LogP contribution in [0.15, 0.2) is 29.1 Å². The predicted octanol–water partition coefficient (Wildman–Crippen LogP) is 2.82. The molecule has 0 aliphatic carbocycles. The van der Waals surface area contributed by atoms with Crippen molar-refractivity contribution in [1.82, 2.24) is 19.5 Å². The highest BCUT2D eigenvalue weighted by Gasteiger charge is 2.22. The first kappa shape index (κ1) is 13.9. The Hall–Kier alpha value is -2.08. The molecule has 0 amide bonds. The molecule has 7 heteroatoms. The standard InChI is InChI=1S/C14H15ClN4O2/c1-9(10-4-3-7-21-10)19-11(5-6-15)18-12-13(19)16-8-17-14(12)20-2/h3-4,7-9H,5-6H2,1-2H3. The number of aromatic nitrogens is 4. The summed E-state index contributed by atoms with van der Waals surface area (Å²) in [6, 6.07) is 3.75. The van der Waals surface area contributed by atoms with Crippen LogP contribution in [-0.4, -0.2) is 32.5 Å². The SMILES string of the molecule is COc1ncnc2c1nc(CCCl)n2C(C)c1ccco1. The van der Waals surface area contributed by atoms with E-state index in [0.717, 1.165) is 11.6 Å². The smallest absolute Gasteiger partial charge is 0.245 e. The van der Waals surface area contributed by atoms with Crippen LogP contribution < -0.4 is 4.74 Å². The normalized spacial score (nSPS) is 12.7. The average molecular weight is 307 g/mol. The van der Waals surface area contributed by atoms with E-state index < -0.39 is 0 Å². The number of aryl methyl sites for hydroxylation is 1. The molecular weight excluding hydrogens is 292 g/mol. The molecule has 0 radical (unpaired) electrons. The Kier molecular flexibility index (Phi) is 3.79. The molecule has 3 aromatic rings. The molecule has 3 heterocycles. The van der Waals surface area contributed by atoms with Crippen LogP contribution in [0.2, 0.25) is 0 Å². The van der Waals surface area contributed by atoms with E-state index in [1.165, 1.54) is 6.33 Å². The van der Waals surface area contributed by atoms with Crippen molar-refractivity contribution in [3.63, 3.8) is 0 Å². The highest BCUT2D eigenvalue weighted by Crippen LogP contribution is 2.28. The molecular formula is C14H15ClN4O2. The van der Waals surface area contributed by atoms with Gasteiger partial charge in [0.15, 0.2) is 11.2 Å². The van der Waals surface area contributed by atoms with Crippen LogP contribution in [0.4, 0.5) is 0 Å². The fraction of sp³-hybridized carbons (Fsp3) is 0.357. The molecule has 3 rings (SSSR count). The van der Waals surface area contributed by atoms with Crippen LogP contribution in [0.3, 0.4) is 0 Å². The Morgan fingerprint density at radius 2 is 2.29 bits per heavy atom.